The van der Waals surface area contributed by atoms with Crippen LogP contribution >= 0.6 is 0 Å². The number of fused-ring (bicyclic) bond motifs is 1. The summed E-state index contributed by atoms with van der Waals surface area (Å²) in [6, 6.07) is 11.2. The Bertz CT molecular complexity index is 610. The summed E-state index contributed by atoms with van der Waals surface area (Å²) in [5.74, 6) is -0.881. The topological polar surface area (TPSA) is 65.8 Å². The second-order valence-electron chi connectivity index (χ2n) is 3.95. The number of hydrogen-bond acceptors (Lipinski definition) is 3. The SMILES string of the molecule is CCC(C#N)C(=O)Nc1cccc2ncccc12. The average molecular weight is 239 g/mol. The summed E-state index contributed by atoms with van der Waals surface area (Å²) in [6.45, 7) is 1.82. The van der Waals surface area contributed by atoms with Gasteiger partial charge in [0.15, 0.2) is 0 Å². The van der Waals surface area contributed by atoms with Crippen molar-refractivity contribution in [2.45, 2.75) is 13.3 Å². The summed E-state index contributed by atoms with van der Waals surface area (Å²) in [5.41, 5.74) is 1.51. The van der Waals surface area contributed by atoms with Gasteiger partial charge in [0.05, 0.1) is 17.3 Å². The monoisotopic (exact) mass is 239 g/mol. The summed E-state index contributed by atoms with van der Waals surface area (Å²) < 4.78 is 0. The molecule has 0 radical (unpaired) electrons. The molecule has 1 N–H and O–H groups in total. The van der Waals surface area contributed by atoms with Crippen molar-refractivity contribution in [2.24, 2.45) is 5.92 Å². The van der Waals surface area contributed by atoms with E-state index in [9.17, 15) is 4.79 Å². The lowest BCUT2D eigenvalue weighted by Gasteiger charge is -2.10. The van der Waals surface area contributed by atoms with Gasteiger partial charge in [-0.15, -0.1) is 0 Å². The Kier molecular flexibility index (Phi) is 3.54. The molecule has 1 amide bonds. The van der Waals surface area contributed by atoms with Gasteiger partial charge in [-0.1, -0.05) is 13.0 Å². The van der Waals surface area contributed by atoms with E-state index in [0.29, 0.717) is 12.1 Å². The van der Waals surface area contributed by atoms with Crippen molar-refractivity contribution in [1.29, 1.82) is 5.26 Å². The molecule has 4 heteroatoms. The average Bonchev–Trinajstić information content (AvgIpc) is 2.40. The van der Waals surface area contributed by atoms with Crippen molar-refractivity contribution in [1.82, 2.24) is 4.98 Å². The van der Waals surface area contributed by atoms with E-state index >= 15 is 0 Å². The fraction of sp³-hybridized carbons (Fsp3) is 0.214. The lowest BCUT2D eigenvalue weighted by molar-refractivity contribution is -0.118. The number of aromatic nitrogens is 1. The molecule has 90 valence electrons. The van der Waals surface area contributed by atoms with Crippen LogP contribution in [0.3, 0.4) is 0 Å². The van der Waals surface area contributed by atoms with Gasteiger partial charge in [0.2, 0.25) is 5.91 Å². The number of nitrogens with one attached hydrogen (secondary N) is 1. The Morgan fingerprint density at radius 2 is 2.28 bits per heavy atom. The van der Waals surface area contributed by atoms with E-state index in [0.717, 1.165) is 10.9 Å². The van der Waals surface area contributed by atoms with Crippen molar-refractivity contribution < 1.29 is 4.79 Å². The molecule has 18 heavy (non-hydrogen) atoms. The van der Waals surface area contributed by atoms with E-state index in [1.165, 1.54) is 0 Å². The van der Waals surface area contributed by atoms with Crippen LogP contribution in [0.15, 0.2) is 36.5 Å². The van der Waals surface area contributed by atoms with Gasteiger partial charge in [0, 0.05) is 11.6 Å². The van der Waals surface area contributed by atoms with Gasteiger partial charge in [0.25, 0.3) is 0 Å². The molecule has 0 spiro atoms. The van der Waals surface area contributed by atoms with Gasteiger partial charge in [-0.05, 0) is 30.7 Å². The number of nitriles is 1. The lowest BCUT2D eigenvalue weighted by Crippen LogP contribution is -2.21. The minimum absolute atomic E-state index is 0.267. The second kappa shape index (κ2) is 5.28. The largest absolute Gasteiger partial charge is 0.324 e. The molecule has 2 rings (SSSR count). The number of pyridine rings is 1. The maximum absolute atomic E-state index is 11.9. The van der Waals surface area contributed by atoms with E-state index in [1.807, 2.05) is 43.3 Å². The quantitative estimate of drug-likeness (QED) is 0.895. The number of benzene rings is 1. The Hall–Kier alpha value is -2.41. The zero-order valence-corrected chi connectivity index (χ0v) is 10.1. The number of carbonyl (C=O) groups excluding carboxylic acids is 1. The highest BCUT2D eigenvalue weighted by atomic mass is 16.1. The molecule has 1 aromatic carbocycles. The van der Waals surface area contributed by atoms with E-state index in [2.05, 4.69) is 10.3 Å². The first-order chi connectivity index (χ1) is 8.76. The smallest absolute Gasteiger partial charge is 0.241 e. The second-order valence-corrected chi connectivity index (χ2v) is 3.95. The van der Waals surface area contributed by atoms with Crippen LogP contribution in [0.25, 0.3) is 10.9 Å². The molecule has 4 nitrogen and oxygen atoms in total. The van der Waals surface area contributed by atoms with E-state index in [1.54, 1.807) is 6.20 Å². The van der Waals surface area contributed by atoms with E-state index < -0.39 is 5.92 Å². The lowest BCUT2D eigenvalue weighted by atomic mass is 10.1. The van der Waals surface area contributed by atoms with E-state index in [4.69, 9.17) is 5.26 Å². The fourth-order valence-electron chi connectivity index (χ4n) is 1.77. The Morgan fingerprint density at radius 1 is 1.44 bits per heavy atom. The van der Waals surface area contributed by atoms with Crippen molar-refractivity contribution in [3.05, 3.63) is 36.5 Å². The standard InChI is InChI=1S/C14H13N3O/c1-2-10(9-15)14(18)17-13-7-3-6-12-11(13)5-4-8-16-12/h3-8,10H,2H2,1H3,(H,17,18). The van der Waals surface area contributed by atoms with Gasteiger partial charge in [-0.3, -0.25) is 9.78 Å². The Morgan fingerprint density at radius 3 is 3.00 bits per heavy atom. The van der Waals surface area contributed by atoms with Crippen LogP contribution in [0.4, 0.5) is 5.69 Å². The highest BCUT2D eigenvalue weighted by Gasteiger charge is 2.16. The molecular formula is C14H13N3O. The highest BCUT2D eigenvalue weighted by Crippen LogP contribution is 2.22. The van der Waals surface area contributed by atoms with E-state index in [-0.39, 0.29) is 5.91 Å². The zero-order valence-electron chi connectivity index (χ0n) is 10.1. The summed E-state index contributed by atoms with van der Waals surface area (Å²) >= 11 is 0. The minimum Gasteiger partial charge on any atom is -0.324 e. The molecule has 2 aromatic rings. The van der Waals surface area contributed by atoms with Crippen LogP contribution in [0.2, 0.25) is 0 Å². The fourth-order valence-corrected chi connectivity index (χ4v) is 1.77. The Labute approximate surface area is 105 Å². The molecule has 1 aromatic heterocycles. The zero-order chi connectivity index (χ0) is 13.0. The summed E-state index contributed by atoms with van der Waals surface area (Å²) in [6.07, 6.45) is 2.21. The minimum atomic E-state index is -0.614. The van der Waals surface area contributed by atoms with Crippen LogP contribution in [0.5, 0.6) is 0 Å². The summed E-state index contributed by atoms with van der Waals surface area (Å²) in [5, 5.41) is 12.5. The van der Waals surface area contributed by atoms with Gasteiger partial charge in [-0.2, -0.15) is 5.26 Å². The number of carbonyl (C=O) groups is 1. The highest BCUT2D eigenvalue weighted by molar-refractivity contribution is 6.02. The Balaban J connectivity index is 2.33. The van der Waals surface area contributed by atoms with Crippen molar-refractivity contribution in [3.63, 3.8) is 0 Å². The molecule has 0 saturated heterocycles. The predicted octanol–water partition coefficient (Wildman–Crippen LogP) is 2.72. The molecule has 0 aliphatic rings. The third-order valence-corrected chi connectivity index (χ3v) is 2.78. The van der Waals surface area contributed by atoms with Gasteiger partial charge in [0.1, 0.15) is 5.92 Å². The first-order valence-electron chi connectivity index (χ1n) is 5.80. The molecule has 1 atom stereocenters. The van der Waals surface area contributed by atoms with Gasteiger partial charge >= 0.3 is 0 Å². The molecule has 0 bridgehead atoms. The third-order valence-electron chi connectivity index (χ3n) is 2.78. The van der Waals surface area contributed by atoms with Crippen molar-refractivity contribution in [2.75, 3.05) is 5.32 Å². The predicted molar refractivity (Wildman–Crippen MR) is 69.8 cm³/mol. The molecule has 0 aliphatic heterocycles. The number of hydrogen-bond donors (Lipinski definition) is 1. The van der Waals surface area contributed by atoms with Crippen LogP contribution in [0, 0.1) is 17.2 Å². The maximum atomic E-state index is 11.9. The summed E-state index contributed by atoms with van der Waals surface area (Å²) in [4.78, 5) is 16.1. The third kappa shape index (κ3) is 2.30. The number of amides is 1. The summed E-state index contributed by atoms with van der Waals surface area (Å²) in [7, 11) is 0. The normalized spacial score (nSPS) is 11.8. The van der Waals surface area contributed by atoms with Crippen molar-refractivity contribution in [3.8, 4) is 6.07 Å². The van der Waals surface area contributed by atoms with Crippen LogP contribution < -0.4 is 5.32 Å². The van der Waals surface area contributed by atoms with Crippen LogP contribution in [0.1, 0.15) is 13.3 Å². The molecule has 1 unspecified atom stereocenters. The van der Waals surface area contributed by atoms with Gasteiger partial charge in [-0.25, -0.2) is 0 Å². The number of anilines is 1. The number of nitrogens with zero attached hydrogens (tertiary/aromatic N) is 2. The van der Waals surface area contributed by atoms with Crippen LogP contribution in [-0.4, -0.2) is 10.9 Å². The molecule has 0 saturated carbocycles. The maximum Gasteiger partial charge on any atom is 0.241 e. The van der Waals surface area contributed by atoms with Crippen molar-refractivity contribution >= 4 is 22.5 Å². The molecule has 1 heterocycles. The van der Waals surface area contributed by atoms with Crippen LogP contribution in [-0.2, 0) is 4.79 Å². The first-order valence-corrected chi connectivity index (χ1v) is 5.80. The molecule has 0 fully saturated rings. The first kappa shape index (κ1) is 12.1. The van der Waals surface area contributed by atoms with Gasteiger partial charge < -0.3 is 5.32 Å². The number of rotatable bonds is 3. The molecule has 0 aliphatic carbocycles. The molecular weight excluding hydrogens is 226 g/mol.